The molecule has 0 aliphatic carbocycles. The second kappa shape index (κ2) is 7.63. The predicted octanol–water partition coefficient (Wildman–Crippen LogP) is 2.05. The second-order valence-corrected chi connectivity index (χ2v) is 9.95. The van der Waals surface area contributed by atoms with Gasteiger partial charge in [0.15, 0.2) is 0 Å². The Labute approximate surface area is 157 Å². The molecule has 0 radical (unpaired) electrons. The van der Waals surface area contributed by atoms with Crippen molar-refractivity contribution in [3.8, 4) is 0 Å². The number of sulfonamides is 2. The van der Waals surface area contributed by atoms with Crippen LogP contribution in [0.25, 0.3) is 0 Å². The highest BCUT2D eigenvalue weighted by atomic mass is 32.2. The molecule has 0 amide bonds. The van der Waals surface area contributed by atoms with Gasteiger partial charge in [0.1, 0.15) is 11.6 Å². The molecule has 0 bridgehead atoms. The van der Waals surface area contributed by atoms with E-state index >= 15 is 0 Å². The molecule has 27 heavy (non-hydrogen) atoms. The molecule has 6 nitrogen and oxygen atoms in total. The Hall–Kier alpha value is -1.88. The van der Waals surface area contributed by atoms with E-state index in [0.717, 1.165) is 28.6 Å². The number of hydrogen-bond donors (Lipinski definition) is 0. The lowest BCUT2D eigenvalue weighted by atomic mass is 10.4. The Morgan fingerprint density at radius 2 is 1.22 bits per heavy atom. The Morgan fingerprint density at radius 1 is 0.667 bits per heavy atom. The zero-order valence-corrected chi connectivity index (χ0v) is 15.9. The third-order valence-corrected chi connectivity index (χ3v) is 8.11. The summed E-state index contributed by atoms with van der Waals surface area (Å²) in [6.07, 6.45) is 0.287. The molecular weight excluding hydrogens is 398 g/mol. The highest BCUT2D eigenvalue weighted by Gasteiger charge is 2.31. The largest absolute Gasteiger partial charge is 0.243 e. The van der Waals surface area contributed by atoms with Crippen molar-refractivity contribution < 1.29 is 25.6 Å². The molecule has 10 heteroatoms. The second-order valence-electron chi connectivity index (χ2n) is 6.07. The average molecular weight is 416 g/mol. The first kappa shape index (κ1) is 19.9. The minimum absolute atomic E-state index is 0.0474. The van der Waals surface area contributed by atoms with Gasteiger partial charge in [0.05, 0.1) is 9.79 Å². The maximum Gasteiger partial charge on any atom is 0.243 e. The number of hydrogen-bond acceptors (Lipinski definition) is 4. The highest BCUT2D eigenvalue weighted by molar-refractivity contribution is 7.89. The van der Waals surface area contributed by atoms with Crippen LogP contribution in [0.2, 0.25) is 0 Å². The SMILES string of the molecule is O=S(=O)(c1ccc(F)cc1)N1CCCN(S(=O)(=O)c2cccc(F)c2)CC1. The Kier molecular flexibility index (Phi) is 5.61. The summed E-state index contributed by atoms with van der Waals surface area (Å²) in [4.78, 5) is -0.220. The topological polar surface area (TPSA) is 74.8 Å². The first-order valence-corrected chi connectivity index (χ1v) is 11.1. The molecule has 2 aromatic rings. The molecule has 0 N–H and O–H groups in total. The molecule has 2 aromatic carbocycles. The van der Waals surface area contributed by atoms with Crippen LogP contribution in [-0.4, -0.2) is 51.6 Å². The molecule has 0 aromatic heterocycles. The van der Waals surface area contributed by atoms with E-state index in [1.807, 2.05) is 0 Å². The fourth-order valence-electron chi connectivity index (χ4n) is 2.88. The molecule has 1 aliphatic rings. The van der Waals surface area contributed by atoms with Gasteiger partial charge in [-0.3, -0.25) is 0 Å². The zero-order valence-electron chi connectivity index (χ0n) is 14.3. The van der Waals surface area contributed by atoms with Gasteiger partial charge in [0, 0.05) is 26.2 Å². The highest BCUT2D eigenvalue weighted by Crippen LogP contribution is 2.22. The lowest BCUT2D eigenvalue weighted by Crippen LogP contribution is -2.37. The van der Waals surface area contributed by atoms with Gasteiger partial charge in [0.2, 0.25) is 20.0 Å². The third-order valence-electron chi connectivity index (χ3n) is 4.30. The van der Waals surface area contributed by atoms with Gasteiger partial charge >= 0.3 is 0 Å². The normalized spacial score (nSPS) is 17.6. The van der Waals surface area contributed by atoms with E-state index in [4.69, 9.17) is 0 Å². The summed E-state index contributed by atoms with van der Waals surface area (Å²) in [5.74, 6) is -1.21. The van der Waals surface area contributed by atoms with E-state index in [2.05, 4.69) is 0 Å². The predicted molar refractivity (Wildman–Crippen MR) is 94.9 cm³/mol. The van der Waals surface area contributed by atoms with Crippen molar-refractivity contribution in [2.75, 3.05) is 26.2 Å². The summed E-state index contributed by atoms with van der Waals surface area (Å²) in [7, 11) is -7.78. The zero-order chi connectivity index (χ0) is 19.7. The minimum Gasteiger partial charge on any atom is -0.207 e. The van der Waals surface area contributed by atoms with Crippen molar-refractivity contribution in [2.45, 2.75) is 16.2 Å². The van der Waals surface area contributed by atoms with Crippen molar-refractivity contribution >= 4 is 20.0 Å². The van der Waals surface area contributed by atoms with Crippen LogP contribution < -0.4 is 0 Å². The van der Waals surface area contributed by atoms with Crippen molar-refractivity contribution in [3.05, 3.63) is 60.2 Å². The molecule has 1 saturated heterocycles. The lowest BCUT2D eigenvalue weighted by molar-refractivity contribution is 0.404. The molecule has 1 aliphatic heterocycles. The summed E-state index contributed by atoms with van der Waals surface area (Å²) >= 11 is 0. The fourth-order valence-corrected chi connectivity index (χ4v) is 5.85. The lowest BCUT2D eigenvalue weighted by Gasteiger charge is -2.21. The smallest absolute Gasteiger partial charge is 0.207 e. The molecule has 3 rings (SSSR count). The van der Waals surface area contributed by atoms with Crippen LogP contribution in [0.3, 0.4) is 0 Å². The van der Waals surface area contributed by atoms with E-state index in [1.54, 1.807) is 0 Å². The number of rotatable bonds is 4. The molecule has 146 valence electrons. The third kappa shape index (κ3) is 4.18. The van der Waals surface area contributed by atoms with Crippen LogP contribution in [0, 0.1) is 11.6 Å². The molecule has 0 saturated carbocycles. The average Bonchev–Trinajstić information content (AvgIpc) is 2.89. The van der Waals surface area contributed by atoms with Crippen molar-refractivity contribution in [3.63, 3.8) is 0 Å². The molecular formula is C17H18F2N2O4S2. The first-order chi connectivity index (χ1) is 12.7. The van der Waals surface area contributed by atoms with E-state index < -0.39 is 31.7 Å². The molecule has 0 atom stereocenters. The molecule has 0 unspecified atom stereocenters. The Balaban J connectivity index is 1.80. The van der Waals surface area contributed by atoms with Crippen molar-refractivity contribution in [2.24, 2.45) is 0 Å². The quantitative estimate of drug-likeness (QED) is 0.765. The van der Waals surface area contributed by atoms with Crippen LogP contribution in [0.15, 0.2) is 58.3 Å². The van der Waals surface area contributed by atoms with Crippen molar-refractivity contribution in [1.82, 2.24) is 8.61 Å². The van der Waals surface area contributed by atoms with Gasteiger partial charge in [-0.05, 0) is 48.9 Å². The Bertz CT molecular complexity index is 1030. The summed E-state index contributed by atoms with van der Waals surface area (Å²) < 4.78 is 79.6. The molecule has 1 fully saturated rings. The fraction of sp³-hybridized carbons (Fsp3) is 0.294. The van der Waals surface area contributed by atoms with Gasteiger partial charge in [-0.15, -0.1) is 0 Å². The van der Waals surface area contributed by atoms with Crippen LogP contribution in [0.5, 0.6) is 0 Å². The summed E-state index contributed by atoms with van der Waals surface area (Å²) in [5.41, 5.74) is 0. The minimum atomic E-state index is -3.92. The maximum absolute atomic E-state index is 13.4. The van der Waals surface area contributed by atoms with E-state index in [-0.39, 0.29) is 42.4 Å². The Morgan fingerprint density at radius 3 is 1.78 bits per heavy atom. The van der Waals surface area contributed by atoms with Crippen molar-refractivity contribution in [1.29, 1.82) is 0 Å². The van der Waals surface area contributed by atoms with Gasteiger partial charge in [-0.25, -0.2) is 25.6 Å². The van der Waals surface area contributed by atoms with Gasteiger partial charge in [-0.2, -0.15) is 8.61 Å². The van der Waals surface area contributed by atoms with E-state index in [9.17, 15) is 25.6 Å². The van der Waals surface area contributed by atoms with Gasteiger partial charge in [0.25, 0.3) is 0 Å². The number of halogens is 2. The maximum atomic E-state index is 13.4. The number of benzene rings is 2. The van der Waals surface area contributed by atoms with E-state index in [0.29, 0.717) is 0 Å². The standard InChI is InChI=1S/C17H18F2N2O4S2/c18-14-5-7-16(8-6-14)26(22,23)20-9-2-10-21(12-11-20)27(24,25)17-4-1-3-15(19)13-17/h1,3-8,13H,2,9-12H2. The van der Waals surface area contributed by atoms with Crippen LogP contribution in [0.1, 0.15) is 6.42 Å². The summed E-state index contributed by atoms with van der Waals surface area (Å²) in [5, 5.41) is 0. The molecule has 1 heterocycles. The summed E-state index contributed by atoms with van der Waals surface area (Å²) in [6.45, 7) is 0.149. The van der Waals surface area contributed by atoms with Gasteiger partial charge < -0.3 is 0 Å². The number of nitrogens with zero attached hydrogens (tertiary/aromatic N) is 2. The van der Waals surface area contributed by atoms with Crippen LogP contribution >= 0.6 is 0 Å². The summed E-state index contributed by atoms with van der Waals surface area (Å²) in [6, 6.07) is 9.18. The molecule has 0 spiro atoms. The van der Waals surface area contributed by atoms with Crippen LogP contribution in [-0.2, 0) is 20.0 Å². The first-order valence-electron chi connectivity index (χ1n) is 8.23. The van der Waals surface area contributed by atoms with E-state index in [1.165, 1.54) is 28.6 Å². The van der Waals surface area contributed by atoms with Gasteiger partial charge in [-0.1, -0.05) is 6.07 Å². The van der Waals surface area contributed by atoms with Crippen LogP contribution in [0.4, 0.5) is 8.78 Å². The monoisotopic (exact) mass is 416 g/mol.